The molecule has 0 radical (unpaired) electrons. The van der Waals surface area contributed by atoms with E-state index < -0.39 is 0 Å². The van der Waals surface area contributed by atoms with Crippen LogP contribution in [0.5, 0.6) is 0 Å². The summed E-state index contributed by atoms with van der Waals surface area (Å²) in [4.78, 5) is 16.6. The largest absolute Gasteiger partial charge is 0.431 e. The molecule has 3 aromatic rings. The van der Waals surface area contributed by atoms with Gasteiger partial charge in [0.05, 0.1) is 0 Å². The van der Waals surface area contributed by atoms with Crippen molar-refractivity contribution < 1.29 is 8.83 Å². The summed E-state index contributed by atoms with van der Waals surface area (Å²) in [6.07, 6.45) is 2.46. The summed E-state index contributed by atoms with van der Waals surface area (Å²) in [5.41, 5.74) is 4.27. The second-order valence-corrected chi connectivity index (χ2v) is 6.12. The molecular weight excluding hydrogens is 298 g/mol. The number of benzene rings is 1. The van der Waals surface area contributed by atoms with Crippen LogP contribution < -0.4 is 5.63 Å². The number of thioether (sulfide) groups is 1. The van der Waals surface area contributed by atoms with Gasteiger partial charge in [0, 0.05) is 22.3 Å². The lowest BCUT2D eigenvalue weighted by Crippen LogP contribution is -2.09. The maximum Gasteiger partial charge on any atom is 0.339 e. The first-order valence-electron chi connectivity index (χ1n) is 7.17. The van der Waals surface area contributed by atoms with E-state index in [-0.39, 0.29) is 5.63 Å². The molecule has 0 aliphatic carbocycles. The van der Waals surface area contributed by atoms with Crippen molar-refractivity contribution in [3.05, 3.63) is 45.8 Å². The Morgan fingerprint density at radius 3 is 2.73 bits per heavy atom. The summed E-state index contributed by atoms with van der Waals surface area (Å²) in [6.45, 7) is 9.50. The molecule has 0 unspecified atom stereocenters. The number of fused-ring (bicyclic) bond motifs is 2. The molecule has 0 aliphatic heterocycles. The minimum atomic E-state index is -0.268. The Balaban J connectivity index is 2.33. The van der Waals surface area contributed by atoms with Crippen LogP contribution in [0.15, 0.2) is 37.6 Å². The molecule has 0 saturated carbocycles. The zero-order valence-electron chi connectivity index (χ0n) is 12.9. The zero-order valence-corrected chi connectivity index (χ0v) is 13.7. The molecule has 5 heteroatoms. The summed E-state index contributed by atoms with van der Waals surface area (Å²) in [5, 5.41) is 1.53. The summed E-state index contributed by atoms with van der Waals surface area (Å²) in [7, 11) is 0. The van der Waals surface area contributed by atoms with E-state index in [9.17, 15) is 4.79 Å². The molecule has 114 valence electrons. The first-order valence-corrected chi connectivity index (χ1v) is 8.15. The fraction of sp³-hybridized carbons (Fsp3) is 0.294. The van der Waals surface area contributed by atoms with E-state index >= 15 is 0 Å². The molecule has 2 aromatic heterocycles. The van der Waals surface area contributed by atoms with Gasteiger partial charge in [0.25, 0.3) is 5.22 Å². The molecule has 2 heterocycles. The van der Waals surface area contributed by atoms with Gasteiger partial charge in [-0.15, -0.1) is 6.58 Å². The second kappa shape index (κ2) is 5.65. The first kappa shape index (κ1) is 14.9. The van der Waals surface area contributed by atoms with Crippen LogP contribution in [0.4, 0.5) is 0 Å². The van der Waals surface area contributed by atoms with Crippen molar-refractivity contribution in [2.75, 3.05) is 5.75 Å². The van der Waals surface area contributed by atoms with Crippen molar-refractivity contribution in [3.63, 3.8) is 0 Å². The van der Waals surface area contributed by atoms with Crippen molar-refractivity contribution in [1.29, 1.82) is 0 Å². The van der Waals surface area contributed by atoms with Gasteiger partial charge in [-0.2, -0.15) is 0 Å². The van der Waals surface area contributed by atoms with E-state index in [1.54, 1.807) is 6.08 Å². The number of hydrogen-bond acceptors (Lipinski definition) is 5. The number of aryl methyl sites for hydroxylation is 2. The zero-order chi connectivity index (χ0) is 15.9. The first-order chi connectivity index (χ1) is 10.6. The highest BCUT2D eigenvalue weighted by atomic mass is 32.2. The molecule has 4 nitrogen and oxygen atoms in total. The van der Waals surface area contributed by atoms with Crippen LogP contribution in [0.25, 0.3) is 22.1 Å². The lowest BCUT2D eigenvalue weighted by molar-refractivity contribution is 0.487. The van der Waals surface area contributed by atoms with Gasteiger partial charge in [-0.1, -0.05) is 24.8 Å². The second-order valence-electron chi connectivity index (χ2n) is 5.15. The van der Waals surface area contributed by atoms with E-state index in [0.717, 1.165) is 33.3 Å². The minimum Gasteiger partial charge on any atom is -0.431 e. The van der Waals surface area contributed by atoms with Crippen LogP contribution in [-0.2, 0) is 6.42 Å². The molecular formula is C17H17NO3S. The molecule has 22 heavy (non-hydrogen) atoms. The monoisotopic (exact) mass is 315 g/mol. The van der Waals surface area contributed by atoms with Crippen LogP contribution in [0, 0.1) is 13.8 Å². The quantitative estimate of drug-likeness (QED) is 0.406. The van der Waals surface area contributed by atoms with E-state index in [1.165, 1.54) is 11.8 Å². The lowest BCUT2D eigenvalue weighted by atomic mass is 10.0. The molecule has 0 atom stereocenters. The fourth-order valence-electron chi connectivity index (χ4n) is 2.67. The van der Waals surface area contributed by atoms with E-state index in [0.29, 0.717) is 22.8 Å². The summed E-state index contributed by atoms with van der Waals surface area (Å²) in [5.74, 6) is 0.736. The van der Waals surface area contributed by atoms with Gasteiger partial charge in [0.15, 0.2) is 5.58 Å². The molecule has 0 saturated heterocycles. The highest BCUT2D eigenvalue weighted by Crippen LogP contribution is 2.32. The molecule has 1 aromatic carbocycles. The van der Waals surface area contributed by atoms with Crippen LogP contribution in [0.3, 0.4) is 0 Å². The third-order valence-electron chi connectivity index (χ3n) is 3.82. The molecule has 0 spiro atoms. The van der Waals surface area contributed by atoms with Crippen molar-refractivity contribution in [2.45, 2.75) is 32.4 Å². The Hall–Kier alpha value is -2.01. The third kappa shape index (κ3) is 2.25. The Labute approximate surface area is 132 Å². The van der Waals surface area contributed by atoms with Crippen LogP contribution >= 0.6 is 11.8 Å². The van der Waals surface area contributed by atoms with E-state index in [2.05, 4.69) is 11.6 Å². The normalized spacial score (nSPS) is 11.4. The Morgan fingerprint density at radius 2 is 2.05 bits per heavy atom. The van der Waals surface area contributed by atoms with Gasteiger partial charge in [-0.3, -0.25) is 0 Å². The summed E-state index contributed by atoms with van der Waals surface area (Å²) < 4.78 is 11.3. The van der Waals surface area contributed by atoms with Gasteiger partial charge >= 0.3 is 5.63 Å². The molecule has 0 amide bonds. The van der Waals surface area contributed by atoms with Gasteiger partial charge < -0.3 is 8.83 Å². The van der Waals surface area contributed by atoms with Gasteiger partial charge in [-0.25, -0.2) is 9.78 Å². The van der Waals surface area contributed by atoms with E-state index in [4.69, 9.17) is 8.83 Å². The fourth-order valence-corrected chi connectivity index (χ4v) is 3.23. The highest BCUT2D eigenvalue weighted by molar-refractivity contribution is 7.99. The number of rotatable bonds is 4. The number of aromatic nitrogens is 1. The minimum absolute atomic E-state index is 0.268. The Kier molecular flexibility index (Phi) is 3.83. The van der Waals surface area contributed by atoms with Crippen molar-refractivity contribution >= 4 is 33.8 Å². The lowest BCUT2D eigenvalue weighted by Gasteiger charge is -2.07. The third-order valence-corrected chi connectivity index (χ3v) is 4.64. The SMILES string of the molecule is C=CCSc1nc2cc3c(C)c(CC)c(=O)oc3c(C)c2o1. The topological polar surface area (TPSA) is 56.2 Å². The highest BCUT2D eigenvalue weighted by Gasteiger charge is 2.17. The molecule has 0 bridgehead atoms. The molecule has 0 N–H and O–H groups in total. The van der Waals surface area contributed by atoms with Gasteiger partial charge in [0.2, 0.25) is 0 Å². The van der Waals surface area contributed by atoms with Gasteiger partial charge in [0.1, 0.15) is 11.1 Å². The average Bonchev–Trinajstić information content (AvgIpc) is 2.90. The Morgan fingerprint density at radius 1 is 1.27 bits per heavy atom. The van der Waals surface area contributed by atoms with Crippen molar-refractivity contribution in [1.82, 2.24) is 4.98 Å². The molecule has 3 rings (SSSR count). The standard InChI is InChI=1S/C17H17NO3S/c1-5-7-22-17-18-13-8-12-9(3)11(6-2)16(19)20-14(12)10(4)15(13)21-17/h5,8H,1,6-7H2,2-4H3. The van der Waals surface area contributed by atoms with Gasteiger partial charge in [-0.05, 0) is 31.9 Å². The smallest absolute Gasteiger partial charge is 0.339 e. The van der Waals surface area contributed by atoms with Crippen LogP contribution in [-0.4, -0.2) is 10.7 Å². The summed E-state index contributed by atoms with van der Waals surface area (Å²) >= 11 is 1.49. The number of oxazole rings is 1. The van der Waals surface area contributed by atoms with Crippen LogP contribution in [0.1, 0.15) is 23.6 Å². The number of nitrogens with zero attached hydrogens (tertiary/aromatic N) is 1. The Bertz CT molecular complexity index is 937. The van der Waals surface area contributed by atoms with Crippen LogP contribution in [0.2, 0.25) is 0 Å². The van der Waals surface area contributed by atoms with E-state index in [1.807, 2.05) is 26.8 Å². The molecule has 0 fully saturated rings. The predicted molar refractivity (Wildman–Crippen MR) is 89.8 cm³/mol. The maximum absolute atomic E-state index is 12.1. The summed E-state index contributed by atoms with van der Waals surface area (Å²) in [6, 6.07) is 1.94. The van der Waals surface area contributed by atoms with Crippen molar-refractivity contribution in [3.8, 4) is 0 Å². The maximum atomic E-state index is 12.1. The molecule has 0 aliphatic rings. The average molecular weight is 315 g/mol. The predicted octanol–water partition coefficient (Wildman–Crippen LogP) is 4.39. The number of hydrogen-bond donors (Lipinski definition) is 0. The van der Waals surface area contributed by atoms with Crippen molar-refractivity contribution in [2.24, 2.45) is 0 Å².